The standard InChI is InChI=1S/C64H119N17O14/c1-61(2,3)93-54(88)10-19-64(20-11-55(89)94-62(4,5)6,21-12-56(90)95-63(7,8)9)81-59(91)57(79-44-40-77(41-45-79)36-17-52(86)73-30-38-75(32-13-48(82)69-26-22-65)33-14-49(83)70-27-23-66)58(60(81)92)80-46-42-78(43-47-80)37-18-53(87)74-31-39-76(34-15-50(84)71-28-24-67)35-16-51(85)72-29-25-68/h57-58H,10-47,65-68H2,1-9H3,(H,69,82)(H,70,83)(H,71,84)(H,72,85)(H,73,86)(H,74,87). The SMILES string of the molecule is CC(C)(C)OC(=O)CCC(CCC(=O)OC(C)(C)C)(CCC(=O)OC(C)(C)C)N1C(=O)C(N2CCN(CCC(=O)NCCN(CCC(=O)NCCN)CCC(=O)NCCN)CC2)C(N2CCN(CCC(=O)NCCN(CCC(=O)NCCN)CCC(=O)NCCN)CC2)C1=O. The van der Waals surface area contributed by atoms with Gasteiger partial charge in [-0.05, 0) is 81.6 Å². The van der Waals surface area contributed by atoms with Crippen molar-refractivity contribution in [2.24, 2.45) is 22.9 Å². The Morgan fingerprint density at radius 2 is 0.632 bits per heavy atom. The number of carbonyl (C=O) groups excluding carboxylic acids is 11. The Bertz CT molecular complexity index is 2200. The van der Waals surface area contributed by atoms with E-state index in [0.29, 0.717) is 157 Å². The second-order valence-corrected chi connectivity index (χ2v) is 27.6. The molecule has 0 aromatic rings. The zero-order valence-corrected chi connectivity index (χ0v) is 58.7. The van der Waals surface area contributed by atoms with Crippen LogP contribution < -0.4 is 54.8 Å². The topological polar surface area (TPSA) is 414 Å². The molecule has 3 fully saturated rings. The fraction of sp³-hybridized carbons (Fsp3) is 0.828. The number of nitrogens with zero attached hydrogens (tertiary/aromatic N) is 7. The van der Waals surface area contributed by atoms with Crippen LogP contribution in [0, 0.1) is 0 Å². The number of carbonyl (C=O) groups is 11. The van der Waals surface area contributed by atoms with Crippen molar-refractivity contribution in [2.75, 3.05) is 170 Å². The number of likely N-dealkylation sites (tertiary alicyclic amines) is 1. The molecule has 0 aliphatic carbocycles. The Balaban J connectivity index is 1.90. The van der Waals surface area contributed by atoms with E-state index in [1.165, 1.54) is 4.90 Å². The van der Waals surface area contributed by atoms with Crippen LogP contribution in [0.2, 0.25) is 0 Å². The third-order valence-electron chi connectivity index (χ3n) is 16.3. The fourth-order valence-electron chi connectivity index (χ4n) is 11.6. The van der Waals surface area contributed by atoms with Gasteiger partial charge in [-0.1, -0.05) is 0 Å². The number of imide groups is 1. The van der Waals surface area contributed by atoms with Gasteiger partial charge in [0.05, 0.1) is 5.54 Å². The summed E-state index contributed by atoms with van der Waals surface area (Å²) in [6.07, 6.45) is -0.105. The Labute approximate surface area is 563 Å². The zero-order valence-electron chi connectivity index (χ0n) is 58.7. The number of rotatable bonds is 44. The van der Waals surface area contributed by atoms with E-state index in [1.807, 2.05) is 19.6 Å². The maximum Gasteiger partial charge on any atom is 0.306 e. The van der Waals surface area contributed by atoms with Gasteiger partial charge >= 0.3 is 17.9 Å². The molecule has 8 amide bonds. The number of hydrogen-bond donors (Lipinski definition) is 10. The molecule has 544 valence electrons. The van der Waals surface area contributed by atoms with Gasteiger partial charge in [-0.2, -0.15) is 0 Å². The molecule has 2 atom stereocenters. The van der Waals surface area contributed by atoms with E-state index < -0.39 is 64.1 Å². The lowest BCUT2D eigenvalue weighted by Crippen LogP contribution is -2.61. The number of hydrogen-bond acceptors (Lipinski definition) is 24. The summed E-state index contributed by atoms with van der Waals surface area (Å²) in [5, 5.41) is 17.0. The lowest BCUT2D eigenvalue weighted by Gasteiger charge is -2.42. The van der Waals surface area contributed by atoms with Gasteiger partial charge in [0.25, 0.3) is 0 Å². The van der Waals surface area contributed by atoms with Crippen LogP contribution >= 0.6 is 0 Å². The second kappa shape index (κ2) is 42.6. The Kier molecular flexibility index (Phi) is 37.3. The van der Waals surface area contributed by atoms with Gasteiger partial charge < -0.3 is 88.6 Å². The first-order valence-electron chi connectivity index (χ1n) is 34.1. The number of piperazine rings is 2. The Hall–Kier alpha value is -6.03. The van der Waals surface area contributed by atoms with Gasteiger partial charge in [0.2, 0.25) is 47.3 Å². The van der Waals surface area contributed by atoms with Crippen LogP contribution in [0.1, 0.15) is 139 Å². The van der Waals surface area contributed by atoms with E-state index in [4.69, 9.17) is 37.1 Å². The molecule has 31 heteroatoms. The van der Waals surface area contributed by atoms with Crippen molar-refractivity contribution < 1.29 is 67.0 Å². The molecule has 0 spiro atoms. The monoisotopic (exact) mass is 1350 g/mol. The molecular weight excluding hydrogens is 1230 g/mol. The summed E-state index contributed by atoms with van der Waals surface area (Å²) in [7, 11) is 0. The average molecular weight is 1350 g/mol. The zero-order chi connectivity index (χ0) is 70.8. The molecule has 3 aliphatic heterocycles. The second-order valence-electron chi connectivity index (χ2n) is 27.6. The summed E-state index contributed by atoms with van der Waals surface area (Å²) in [4.78, 5) is 163. The average Bonchev–Trinajstić information content (AvgIpc) is 1.59. The van der Waals surface area contributed by atoms with Crippen molar-refractivity contribution in [3.05, 3.63) is 0 Å². The molecule has 3 saturated heterocycles. The molecule has 0 aromatic heterocycles. The minimum atomic E-state index is -1.58. The van der Waals surface area contributed by atoms with E-state index in [-0.39, 0.29) is 126 Å². The highest BCUT2D eigenvalue weighted by Gasteiger charge is 2.59. The molecule has 0 radical (unpaired) electrons. The van der Waals surface area contributed by atoms with Crippen molar-refractivity contribution in [1.29, 1.82) is 0 Å². The minimum Gasteiger partial charge on any atom is -0.460 e. The normalized spacial score (nSPS) is 17.2. The first kappa shape index (κ1) is 83.2. The molecule has 31 nitrogen and oxygen atoms in total. The number of nitrogens with one attached hydrogen (secondary N) is 6. The lowest BCUT2D eigenvalue weighted by atomic mass is 9.81. The van der Waals surface area contributed by atoms with Crippen LogP contribution in [0.15, 0.2) is 0 Å². The van der Waals surface area contributed by atoms with Gasteiger partial charge in [-0.15, -0.1) is 0 Å². The van der Waals surface area contributed by atoms with Crippen LogP contribution in [0.4, 0.5) is 0 Å². The van der Waals surface area contributed by atoms with Crippen molar-refractivity contribution >= 4 is 65.2 Å². The smallest absolute Gasteiger partial charge is 0.306 e. The number of amides is 8. The van der Waals surface area contributed by atoms with E-state index in [2.05, 4.69) is 41.7 Å². The molecule has 3 aliphatic rings. The molecule has 0 saturated carbocycles. The Morgan fingerprint density at radius 3 is 0.884 bits per heavy atom. The van der Waals surface area contributed by atoms with Crippen LogP contribution in [0.3, 0.4) is 0 Å². The number of esters is 3. The summed E-state index contributed by atoms with van der Waals surface area (Å²) >= 11 is 0. The van der Waals surface area contributed by atoms with Crippen molar-refractivity contribution in [2.45, 2.75) is 174 Å². The van der Waals surface area contributed by atoms with Gasteiger partial charge in [0, 0.05) is 228 Å². The van der Waals surface area contributed by atoms with Gasteiger partial charge in [0.15, 0.2) is 0 Å². The molecular formula is C64H119N17O14. The van der Waals surface area contributed by atoms with Gasteiger partial charge in [-0.25, -0.2) is 0 Å². The van der Waals surface area contributed by atoms with Crippen molar-refractivity contribution in [1.82, 2.24) is 66.2 Å². The summed E-state index contributed by atoms with van der Waals surface area (Å²) in [6, 6.07) is -2.06. The lowest BCUT2D eigenvalue weighted by molar-refractivity contribution is -0.162. The fourth-order valence-corrected chi connectivity index (χ4v) is 11.6. The summed E-state index contributed by atoms with van der Waals surface area (Å²) in [5.41, 5.74) is 18.0. The van der Waals surface area contributed by atoms with Crippen molar-refractivity contribution in [3.8, 4) is 0 Å². The van der Waals surface area contributed by atoms with Crippen molar-refractivity contribution in [3.63, 3.8) is 0 Å². The number of nitrogens with two attached hydrogens (primary N) is 4. The van der Waals surface area contributed by atoms with E-state index in [1.54, 1.807) is 62.3 Å². The molecule has 95 heavy (non-hydrogen) atoms. The highest BCUT2D eigenvalue weighted by molar-refractivity contribution is 6.10. The summed E-state index contributed by atoms with van der Waals surface area (Å²) < 4.78 is 17.3. The molecule has 3 rings (SSSR count). The highest BCUT2D eigenvalue weighted by Crippen LogP contribution is 2.40. The van der Waals surface area contributed by atoms with Crippen LogP contribution in [-0.4, -0.2) is 304 Å². The number of ether oxygens (including phenoxy) is 3. The third-order valence-corrected chi connectivity index (χ3v) is 16.3. The minimum absolute atomic E-state index is 0.135. The molecule has 2 unspecified atom stereocenters. The maximum absolute atomic E-state index is 15.9. The molecule has 0 aromatic carbocycles. The first-order valence-corrected chi connectivity index (χ1v) is 34.1. The van der Waals surface area contributed by atoms with E-state index in [9.17, 15) is 43.2 Å². The Morgan fingerprint density at radius 1 is 0.379 bits per heavy atom. The largest absolute Gasteiger partial charge is 0.460 e. The van der Waals surface area contributed by atoms with Gasteiger partial charge in [0.1, 0.15) is 28.9 Å². The quantitative estimate of drug-likeness (QED) is 0.0164. The van der Waals surface area contributed by atoms with Crippen LogP contribution in [-0.2, 0) is 67.0 Å². The molecule has 14 N–H and O–H groups in total. The van der Waals surface area contributed by atoms with Crippen LogP contribution in [0.5, 0.6) is 0 Å². The van der Waals surface area contributed by atoms with E-state index in [0.717, 1.165) is 0 Å². The summed E-state index contributed by atoms with van der Waals surface area (Å²) in [5.74, 6) is -3.92. The maximum atomic E-state index is 15.9. The third kappa shape index (κ3) is 33.7. The van der Waals surface area contributed by atoms with Gasteiger partial charge in [-0.3, -0.25) is 67.4 Å². The summed E-state index contributed by atoms with van der Waals surface area (Å²) in [6.45, 7) is 24.9. The predicted molar refractivity (Wildman–Crippen MR) is 358 cm³/mol. The predicted octanol–water partition coefficient (Wildman–Crippen LogP) is -3.09. The molecule has 3 heterocycles. The van der Waals surface area contributed by atoms with Crippen LogP contribution in [0.25, 0.3) is 0 Å². The molecule has 0 bridgehead atoms. The van der Waals surface area contributed by atoms with E-state index >= 15 is 9.59 Å². The first-order chi connectivity index (χ1) is 44.8. The highest BCUT2D eigenvalue weighted by atomic mass is 16.6.